The highest BCUT2D eigenvalue weighted by Gasteiger charge is 2.46. The van der Waals surface area contributed by atoms with Crippen LogP contribution in [0.2, 0.25) is 0 Å². The van der Waals surface area contributed by atoms with Crippen molar-refractivity contribution < 1.29 is 17.9 Å². The molecule has 1 spiro atoms. The van der Waals surface area contributed by atoms with Crippen molar-refractivity contribution in [2.45, 2.75) is 66.0 Å². The van der Waals surface area contributed by atoms with Gasteiger partial charge in [0.15, 0.2) is 11.3 Å². The predicted molar refractivity (Wildman–Crippen MR) is 198 cm³/mol. The average molecular weight is 725 g/mol. The molecule has 3 aliphatic rings. The standard InChI is InChI=1S/C20H30N6O.C16H21F3N6/c1-14-12-15(2)23-18-16(14)17(21)24-19(25-18)22-7-3-8-26-9-4-20(13-26)5-10-27-11-6-20;1-9-6-10(2)22-14-12(9)13(20)23-15(24-14)21-4-3-5-25-7-11(8-25)16(17,18)19/h12H,3-11,13H2,1-2H3,(H3,21,22,23,24,25);6,11H,3-5,7-8H2,1-2H3,(H3,20,21,22,23,24). The smallest absolute Gasteiger partial charge is 0.383 e. The second kappa shape index (κ2) is 15.8. The lowest BCUT2D eigenvalue weighted by molar-refractivity contribution is -0.208. The van der Waals surface area contributed by atoms with E-state index in [0.29, 0.717) is 59.8 Å². The second-order valence-corrected chi connectivity index (χ2v) is 14.6. The molecule has 4 aromatic rings. The van der Waals surface area contributed by atoms with Gasteiger partial charge in [0, 0.05) is 57.3 Å². The second-order valence-electron chi connectivity index (χ2n) is 14.6. The highest BCUT2D eigenvalue weighted by molar-refractivity contribution is 5.90. The molecule has 16 heteroatoms. The predicted octanol–water partition coefficient (Wildman–Crippen LogP) is 5.05. The molecule has 0 bridgehead atoms. The normalized spacial score (nSPS) is 18.1. The molecule has 4 aromatic heterocycles. The Morgan fingerprint density at radius 3 is 1.75 bits per heavy atom. The van der Waals surface area contributed by atoms with E-state index in [2.05, 4.69) is 45.4 Å². The number of ether oxygens (including phenoxy) is 1. The molecule has 0 saturated carbocycles. The van der Waals surface area contributed by atoms with Crippen molar-refractivity contribution in [2.24, 2.45) is 11.3 Å². The maximum absolute atomic E-state index is 12.4. The summed E-state index contributed by atoms with van der Waals surface area (Å²) in [6.45, 7) is 15.4. The Morgan fingerprint density at radius 2 is 1.25 bits per heavy atom. The third-order valence-electron chi connectivity index (χ3n) is 10.4. The van der Waals surface area contributed by atoms with E-state index in [0.717, 1.165) is 66.0 Å². The number of nitrogens with two attached hydrogens (primary N) is 2. The number of nitrogens with zero attached hydrogens (tertiary/aromatic N) is 8. The highest BCUT2D eigenvalue weighted by atomic mass is 19.4. The minimum absolute atomic E-state index is 0.0887. The van der Waals surface area contributed by atoms with Gasteiger partial charge >= 0.3 is 6.18 Å². The molecule has 3 fully saturated rings. The van der Waals surface area contributed by atoms with Gasteiger partial charge in [0.2, 0.25) is 11.9 Å². The molecule has 7 rings (SSSR count). The Hall–Kier alpha value is -4.15. The molecule has 3 aliphatic heterocycles. The van der Waals surface area contributed by atoms with E-state index in [9.17, 15) is 13.2 Å². The van der Waals surface area contributed by atoms with Crippen LogP contribution in [0.5, 0.6) is 0 Å². The number of nitrogen functional groups attached to an aromatic ring is 2. The molecule has 0 aliphatic carbocycles. The van der Waals surface area contributed by atoms with E-state index in [-0.39, 0.29) is 13.1 Å². The van der Waals surface area contributed by atoms with Crippen LogP contribution in [-0.4, -0.2) is 111 Å². The third kappa shape index (κ3) is 9.07. The van der Waals surface area contributed by atoms with E-state index >= 15 is 0 Å². The molecule has 0 radical (unpaired) electrons. The van der Waals surface area contributed by atoms with E-state index < -0.39 is 12.1 Å². The van der Waals surface area contributed by atoms with Crippen molar-refractivity contribution in [3.8, 4) is 0 Å². The number of likely N-dealkylation sites (tertiary alicyclic amines) is 2. The van der Waals surface area contributed by atoms with E-state index in [4.69, 9.17) is 16.2 Å². The topological polar surface area (TPSA) is 169 Å². The summed E-state index contributed by atoms with van der Waals surface area (Å²) >= 11 is 0. The van der Waals surface area contributed by atoms with Gasteiger partial charge in [-0.1, -0.05) is 0 Å². The number of hydrogen-bond acceptors (Lipinski definition) is 13. The zero-order valence-corrected chi connectivity index (χ0v) is 30.6. The number of fused-ring (bicyclic) bond motifs is 2. The molecular weight excluding hydrogens is 673 g/mol. The van der Waals surface area contributed by atoms with Gasteiger partial charge in [0.05, 0.1) is 16.7 Å². The van der Waals surface area contributed by atoms with Gasteiger partial charge in [0.1, 0.15) is 11.6 Å². The molecular formula is C36H51F3N12O. The molecule has 0 amide bonds. The lowest BCUT2D eigenvalue weighted by atomic mass is 9.80. The molecule has 13 nitrogen and oxygen atoms in total. The number of aryl methyl sites for hydroxylation is 4. The summed E-state index contributed by atoms with van der Waals surface area (Å²) in [6, 6.07) is 3.94. The van der Waals surface area contributed by atoms with Gasteiger partial charge in [0.25, 0.3) is 0 Å². The first-order valence-electron chi connectivity index (χ1n) is 18.2. The van der Waals surface area contributed by atoms with Gasteiger partial charge < -0.3 is 36.6 Å². The number of rotatable bonds is 10. The minimum atomic E-state index is -4.07. The fraction of sp³-hybridized carbons (Fsp3) is 0.611. The summed E-state index contributed by atoms with van der Waals surface area (Å²) in [6.07, 6.45) is 1.45. The van der Waals surface area contributed by atoms with Crippen molar-refractivity contribution in [1.82, 2.24) is 39.7 Å². The Kier molecular flexibility index (Phi) is 11.5. The van der Waals surface area contributed by atoms with Crippen LogP contribution < -0.4 is 22.1 Å². The molecule has 0 unspecified atom stereocenters. The number of hydrogen-bond donors (Lipinski definition) is 4. The van der Waals surface area contributed by atoms with Crippen LogP contribution in [0, 0.1) is 39.0 Å². The van der Waals surface area contributed by atoms with Crippen LogP contribution in [0.3, 0.4) is 0 Å². The lowest BCUT2D eigenvalue weighted by Crippen LogP contribution is -2.53. The van der Waals surface area contributed by atoms with Crippen LogP contribution in [0.4, 0.5) is 36.7 Å². The zero-order valence-electron chi connectivity index (χ0n) is 30.6. The Balaban J connectivity index is 0.000000179. The largest absolute Gasteiger partial charge is 0.394 e. The van der Waals surface area contributed by atoms with Gasteiger partial charge in [-0.25, -0.2) is 9.97 Å². The maximum atomic E-state index is 12.4. The minimum Gasteiger partial charge on any atom is -0.383 e. The lowest BCUT2D eigenvalue weighted by Gasteiger charge is -2.40. The SMILES string of the molecule is Cc1cc(C)c2c(N)nc(NCCCN3CC(C(F)(F)F)C3)nc2n1.Cc1cc(C)c2c(N)nc(NCCCN3CCC4(CCOCC4)C3)nc2n1. The summed E-state index contributed by atoms with van der Waals surface area (Å²) in [7, 11) is 0. The first-order chi connectivity index (χ1) is 24.8. The number of aromatic nitrogens is 6. The number of alkyl halides is 3. The van der Waals surface area contributed by atoms with Crippen LogP contribution in [0.1, 0.15) is 54.6 Å². The van der Waals surface area contributed by atoms with Crippen molar-refractivity contribution in [2.75, 3.05) is 87.7 Å². The van der Waals surface area contributed by atoms with E-state index in [1.54, 1.807) is 4.90 Å². The van der Waals surface area contributed by atoms with E-state index in [1.807, 2.05) is 39.8 Å². The van der Waals surface area contributed by atoms with Crippen molar-refractivity contribution in [3.63, 3.8) is 0 Å². The van der Waals surface area contributed by atoms with Crippen molar-refractivity contribution in [1.29, 1.82) is 0 Å². The van der Waals surface area contributed by atoms with Gasteiger partial charge in [-0.2, -0.15) is 33.1 Å². The Labute approximate surface area is 302 Å². The number of anilines is 4. The van der Waals surface area contributed by atoms with Crippen LogP contribution >= 0.6 is 0 Å². The first kappa shape index (κ1) is 37.6. The monoisotopic (exact) mass is 724 g/mol. The molecule has 52 heavy (non-hydrogen) atoms. The average Bonchev–Trinajstić information content (AvgIpc) is 3.42. The molecule has 7 heterocycles. The van der Waals surface area contributed by atoms with E-state index in [1.165, 1.54) is 32.4 Å². The fourth-order valence-electron chi connectivity index (χ4n) is 7.57. The van der Waals surface area contributed by atoms with Crippen LogP contribution in [-0.2, 0) is 4.74 Å². The molecule has 0 atom stereocenters. The molecule has 282 valence electrons. The van der Waals surface area contributed by atoms with Gasteiger partial charge in [-0.3, -0.25) is 0 Å². The zero-order chi connectivity index (χ0) is 37.0. The van der Waals surface area contributed by atoms with Crippen molar-refractivity contribution >= 4 is 45.6 Å². The van der Waals surface area contributed by atoms with Gasteiger partial charge in [-0.15, -0.1) is 0 Å². The first-order valence-corrected chi connectivity index (χ1v) is 18.2. The maximum Gasteiger partial charge on any atom is 0.394 e. The van der Waals surface area contributed by atoms with Gasteiger partial charge in [-0.05, 0) is 108 Å². The molecule has 0 aromatic carbocycles. The summed E-state index contributed by atoms with van der Waals surface area (Å²) in [4.78, 5) is 30.9. The quantitative estimate of drug-likeness (QED) is 0.161. The third-order valence-corrected chi connectivity index (χ3v) is 10.4. The van der Waals surface area contributed by atoms with Crippen molar-refractivity contribution in [3.05, 3.63) is 34.6 Å². The summed E-state index contributed by atoms with van der Waals surface area (Å²) in [5, 5.41) is 7.99. The Bertz CT molecular complexity index is 1860. The summed E-state index contributed by atoms with van der Waals surface area (Å²) in [5.41, 5.74) is 17.7. The number of pyridine rings is 2. The Morgan fingerprint density at radius 1 is 0.750 bits per heavy atom. The van der Waals surface area contributed by atoms with Crippen LogP contribution in [0.15, 0.2) is 12.1 Å². The molecule has 6 N–H and O–H groups in total. The fourth-order valence-corrected chi connectivity index (χ4v) is 7.57. The summed E-state index contributed by atoms with van der Waals surface area (Å²) in [5.74, 6) is 0.641. The summed E-state index contributed by atoms with van der Waals surface area (Å²) < 4.78 is 42.8. The number of nitrogens with one attached hydrogen (secondary N) is 2. The molecule has 3 saturated heterocycles. The highest BCUT2D eigenvalue weighted by Crippen LogP contribution is 2.39. The van der Waals surface area contributed by atoms with Crippen LogP contribution in [0.25, 0.3) is 22.1 Å². The number of halogens is 3.